The Bertz CT molecular complexity index is 841. The van der Waals surface area contributed by atoms with Crippen LogP contribution in [0, 0.1) is 11.7 Å². The molecule has 0 unspecified atom stereocenters. The van der Waals surface area contributed by atoms with Crippen molar-refractivity contribution in [3.05, 3.63) is 66.0 Å². The molecule has 24 heavy (non-hydrogen) atoms. The maximum Gasteiger partial charge on any atom is 0.243 e. The Morgan fingerprint density at radius 3 is 2.54 bits per heavy atom. The van der Waals surface area contributed by atoms with Crippen LogP contribution in [0.2, 0.25) is 0 Å². The van der Waals surface area contributed by atoms with Crippen LogP contribution in [0.15, 0.2) is 59.5 Å². The number of benzene rings is 2. The summed E-state index contributed by atoms with van der Waals surface area (Å²) in [5.41, 5.74) is 0.929. The first-order valence-electron chi connectivity index (χ1n) is 8.08. The number of nitrogens with zero attached hydrogens (tertiary/aromatic N) is 2. The molecule has 0 saturated carbocycles. The van der Waals surface area contributed by atoms with Crippen LogP contribution in [0.4, 0.5) is 4.39 Å². The Kier molecular flexibility index (Phi) is 3.90. The Morgan fingerprint density at radius 2 is 1.79 bits per heavy atom. The maximum absolute atomic E-state index is 13.3. The second kappa shape index (κ2) is 5.95. The molecule has 0 aliphatic carbocycles. The largest absolute Gasteiger partial charge is 0.294 e. The quantitative estimate of drug-likeness (QED) is 0.853. The van der Waals surface area contributed by atoms with E-state index in [1.54, 1.807) is 40.7 Å². The highest BCUT2D eigenvalue weighted by atomic mass is 32.2. The zero-order valence-corrected chi connectivity index (χ0v) is 14.0. The molecule has 0 N–H and O–H groups in total. The third kappa shape index (κ3) is 2.75. The number of fused-ring (bicyclic) bond motifs is 1. The first-order chi connectivity index (χ1) is 11.5. The normalized spacial score (nSPS) is 24.5. The zero-order chi connectivity index (χ0) is 16.7. The summed E-state index contributed by atoms with van der Waals surface area (Å²) < 4.78 is 40.3. The van der Waals surface area contributed by atoms with E-state index in [-0.39, 0.29) is 11.9 Å². The van der Waals surface area contributed by atoms with Gasteiger partial charge in [-0.15, -0.1) is 0 Å². The number of hydrogen-bond acceptors (Lipinski definition) is 3. The van der Waals surface area contributed by atoms with Crippen LogP contribution in [0.5, 0.6) is 0 Å². The average Bonchev–Trinajstić information content (AvgIpc) is 2.91. The topological polar surface area (TPSA) is 40.6 Å². The van der Waals surface area contributed by atoms with E-state index in [1.165, 1.54) is 6.07 Å². The van der Waals surface area contributed by atoms with Crippen molar-refractivity contribution in [3.63, 3.8) is 0 Å². The van der Waals surface area contributed by atoms with E-state index in [0.717, 1.165) is 12.1 Å². The average molecular weight is 346 g/mol. The van der Waals surface area contributed by atoms with E-state index >= 15 is 0 Å². The second-order valence-corrected chi connectivity index (χ2v) is 8.46. The maximum atomic E-state index is 13.3. The summed E-state index contributed by atoms with van der Waals surface area (Å²) >= 11 is 0. The van der Waals surface area contributed by atoms with Gasteiger partial charge in [0.1, 0.15) is 5.82 Å². The standard InChI is InChI=1S/C18H19FN2O2S/c19-16-6-4-5-14(9-16)10-20-11-15-12-21(13-18(15)20)24(22,23)17-7-2-1-3-8-17/h1-9,15,18H,10-13H2/t15-,18+/m0/s1. The first kappa shape index (κ1) is 15.7. The summed E-state index contributed by atoms with van der Waals surface area (Å²) in [7, 11) is -3.42. The van der Waals surface area contributed by atoms with Crippen LogP contribution >= 0.6 is 0 Å². The Morgan fingerprint density at radius 1 is 1.00 bits per heavy atom. The minimum Gasteiger partial charge on any atom is -0.294 e. The lowest BCUT2D eigenvalue weighted by Gasteiger charge is -2.43. The highest BCUT2D eigenvalue weighted by Gasteiger charge is 2.48. The van der Waals surface area contributed by atoms with E-state index in [0.29, 0.717) is 30.4 Å². The molecule has 0 bridgehead atoms. The molecule has 2 aromatic rings. The lowest BCUT2D eigenvalue weighted by molar-refractivity contribution is 0.0434. The molecular formula is C18H19FN2O2S. The van der Waals surface area contributed by atoms with Gasteiger partial charge in [-0.25, -0.2) is 12.8 Å². The fraction of sp³-hybridized carbons (Fsp3) is 0.333. The van der Waals surface area contributed by atoms with Crippen LogP contribution < -0.4 is 0 Å². The number of rotatable bonds is 4. The van der Waals surface area contributed by atoms with Gasteiger partial charge in [0.15, 0.2) is 0 Å². The summed E-state index contributed by atoms with van der Waals surface area (Å²) in [6.07, 6.45) is 0. The van der Waals surface area contributed by atoms with E-state index in [4.69, 9.17) is 0 Å². The highest BCUT2D eigenvalue weighted by molar-refractivity contribution is 7.89. The third-order valence-electron chi connectivity index (χ3n) is 4.97. The summed E-state index contributed by atoms with van der Waals surface area (Å²) in [5.74, 6) is 0.140. The van der Waals surface area contributed by atoms with E-state index in [1.807, 2.05) is 12.1 Å². The minimum atomic E-state index is -3.42. The minimum absolute atomic E-state index is 0.228. The van der Waals surface area contributed by atoms with Crippen molar-refractivity contribution in [3.8, 4) is 0 Å². The molecule has 2 heterocycles. The summed E-state index contributed by atoms with van der Waals surface area (Å²) in [6, 6.07) is 15.4. The van der Waals surface area contributed by atoms with E-state index < -0.39 is 10.0 Å². The SMILES string of the molecule is O=S(=O)(c1ccccc1)N1C[C@@H]2CN(Cc3cccc(F)c3)[C@@H]2C1. The smallest absolute Gasteiger partial charge is 0.243 e. The molecule has 2 saturated heterocycles. The highest BCUT2D eigenvalue weighted by Crippen LogP contribution is 2.36. The summed E-state index contributed by atoms with van der Waals surface area (Å²) in [6.45, 7) is 2.61. The molecule has 2 aliphatic rings. The van der Waals surface area contributed by atoms with Gasteiger partial charge in [-0.1, -0.05) is 30.3 Å². The van der Waals surface area contributed by atoms with Gasteiger partial charge >= 0.3 is 0 Å². The molecule has 2 aliphatic heterocycles. The van der Waals surface area contributed by atoms with Gasteiger partial charge in [0.05, 0.1) is 4.90 Å². The lowest BCUT2D eigenvalue weighted by Crippen LogP contribution is -2.54. The van der Waals surface area contributed by atoms with Gasteiger partial charge < -0.3 is 0 Å². The van der Waals surface area contributed by atoms with Crippen LogP contribution in [-0.4, -0.2) is 43.3 Å². The van der Waals surface area contributed by atoms with Crippen molar-refractivity contribution in [1.29, 1.82) is 0 Å². The monoisotopic (exact) mass is 346 g/mol. The predicted molar refractivity (Wildman–Crippen MR) is 89.3 cm³/mol. The Labute approximate surface area is 141 Å². The third-order valence-corrected chi connectivity index (χ3v) is 6.81. The van der Waals surface area contributed by atoms with Gasteiger partial charge in [0.25, 0.3) is 0 Å². The number of sulfonamides is 1. The van der Waals surface area contributed by atoms with Gasteiger partial charge in [0.2, 0.25) is 10.0 Å². The van der Waals surface area contributed by atoms with Crippen molar-refractivity contribution < 1.29 is 12.8 Å². The Hall–Kier alpha value is -1.76. The van der Waals surface area contributed by atoms with Crippen molar-refractivity contribution in [2.45, 2.75) is 17.5 Å². The predicted octanol–water partition coefficient (Wildman–Crippen LogP) is 2.33. The fourth-order valence-electron chi connectivity index (χ4n) is 3.70. The molecule has 2 aromatic carbocycles. The first-order valence-corrected chi connectivity index (χ1v) is 9.52. The van der Waals surface area contributed by atoms with E-state index in [2.05, 4.69) is 4.90 Å². The van der Waals surface area contributed by atoms with Crippen LogP contribution in [0.3, 0.4) is 0 Å². The summed E-state index contributed by atoms with van der Waals surface area (Å²) in [5, 5.41) is 0. The molecular weight excluding hydrogens is 327 g/mol. The van der Waals surface area contributed by atoms with Gasteiger partial charge in [-0.2, -0.15) is 4.31 Å². The Balaban J connectivity index is 1.46. The zero-order valence-electron chi connectivity index (χ0n) is 13.2. The molecule has 0 amide bonds. The summed E-state index contributed by atoms with van der Waals surface area (Å²) in [4.78, 5) is 2.59. The van der Waals surface area contributed by atoms with Gasteiger partial charge in [-0.05, 0) is 29.8 Å². The van der Waals surface area contributed by atoms with Gasteiger partial charge in [0, 0.05) is 38.1 Å². The number of likely N-dealkylation sites (tertiary alicyclic amines) is 1. The molecule has 6 heteroatoms. The number of hydrogen-bond donors (Lipinski definition) is 0. The van der Waals surface area contributed by atoms with E-state index in [9.17, 15) is 12.8 Å². The molecule has 126 valence electrons. The van der Waals surface area contributed by atoms with Crippen LogP contribution in [-0.2, 0) is 16.6 Å². The molecule has 0 spiro atoms. The fourth-order valence-corrected chi connectivity index (χ4v) is 5.23. The molecule has 2 atom stereocenters. The van der Waals surface area contributed by atoms with Crippen molar-refractivity contribution >= 4 is 10.0 Å². The van der Waals surface area contributed by atoms with Crippen LogP contribution in [0.1, 0.15) is 5.56 Å². The second-order valence-electron chi connectivity index (χ2n) is 6.52. The lowest BCUT2D eigenvalue weighted by atomic mass is 9.91. The van der Waals surface area contributed by atoms with Crippen molar-refractivity contribution in [1.82, 2.24) is 9.21 Å². The van der Waals surface area contributed by atoms with Crippen LogP contribution in [0.25, 0.3) is 0 Å². The van der Waals surface area contributed by atoms with Crippen molar-refractivity contribution in [2.75, 3.05) is 19.6 Å². The molecule has 0 radical (unpaired) electrons. The van der Waals surface area contributed by atoms with Crippen molar-refractivity contribution in [2.24, 2.45) is 5.92 Å². The van der Waals surface area contributed by atoms with Gasteiger partial charge in [-0.3, -0.25) is 4.90 Å². The number of halogens is 1. The molecule has 4 nitrogen and oxygen atoms in total. The molecule has 2 fully saturated rings. The molecule has 4 rings (SSSR count). The molecule has 0 aromatic heterocycles.